The van der Waals surface area contributed by atoms with Gasteiger partial charge in [0.1, 0.15) is 18.4 Å². The Bertz CT molecular complexity index is 1750. The molecule has 0 saturated carbocycles. The molecule has 1 fully saturated rings. The highest BCUT2D eigenvalue weighted by Crippen LogP contribution is 2.34. The van der Waals surface area contributed by atoms with E-state index in [-0.39, 0.29) is 67.3 Å². The number of aliphatic imine (C=N–C) groups is 1. The predicted molar refractivity (Wildman–Crippen MR) is 162 cm³/mol. The second kappa shape index (κ2) is 12.5. The fourth-order valence-corrected chi connectivity index (χ4v) is 5.72. The van der Waals surface area contributed by atoms with Crippen LogP contribution in [0, 0.1) is 0 Å². The summed E-state index contributed by atoms with van der Waals surface area (Å²) in [7, 11) is 0. The summed E-state index contributed by atoms with van der Waals surface area (Å²) in [5, 5.41) is 15.5. The molecule has 6 rings (SSSR count). The summed E-state index contributed by atoms with van der Waals surface area (Å²) in [4.78, 5) is 72.1. The quantitative estimate of drug-likeness (QED) is 0.265. The number of imide groups is 1. The van der Waals surface area contributed by atoms with Crippen LogP contribution in [0.5, 0.6) is 0 Å². The minimum atomic E-state index is -0.764. The Labute approximate surface area is 257 Å². The minimum absolute atomic E-state index is 0.00279. The van der Waals surface area contributed by atoms with Gasteiger partial charge in [-0.15, -0.1) is 0 Å². The second-order valence-corrected chi connectivity index (χ2v) is 11.0. The van der Waals surface area contributed by atoms with Gasteiger partial charge in [0.15, 0.2) is 11.6 Å². The van der Waals surface area contributed by atoms with Crippen LogP contribution in [0.2, 0.25) is 0 Å². The van der Waals surface area contributed by atoms with Crippen molar-refractivity contribution in [2.45, 2.75) is 50.8 Å². The normalized spacial score (nSPS) is 20.0. The molecule has 3 heterocycles. The number of anilines is 1. The smallest absolute Gasteiger partial charge is 0.411 e. The number of carbonyl (C=O) groups is 5. The van der Waals surface area contributed by atoms with E-state index in [9.17, 15) is 29.1 Å². The Hall–Kier alpha value is -5.65. The van der Waals surface area contributed by atoms with E-state index in [0.29, 0.717) is 34.6 Å². The summed E-state index contributed by atoms with van der Waals surface area (Å²) in [6.07, 6.45) is 3.08. The maximum atomic E-state index is 13.0. The van der Waals surface area contributed by atoms with Crippen molar-refractivity contribution in [2.75, 3.05) is 5.32 Å². The maximum absolute atomic E-state index is 13.0. The lowest BCUT2D eigenvalue weighted by Crippen LogP contribution is -2.52. The van der Waals surface area contributed by atoms with Gasteiger partial charge >= 0.3 is 6.09 Å². The molecular weight excluding hydrogens is 578 g/mol. The van der Waals surface area contributed by atoms with E-state index in [1.165, 1.54) is 17.3 Å². The van der Waals surface area contributed by atoms with Gasteiger partial charge in [0, 0.05) is 60.6 Å². The minimum Gasteiger partial charge on any atom is -0.511 e. The lowest BCUT2D eigenvalue weighted by atomic mass is 9.83. The number of ketones is 1. The Kier molecular flexibility index (Phi) is 8.19. The first-order chi connectivity index (χ1) is 21.8. The lowest BCUT2D eigenvalue weighted by molar-refractivity contribution is -0.137. The van der Waals surface area contributed by atoms with E-state index in [1.54, 1.807) is 30.3 Å². The molecule has 3 aliphatic rings. The first kappa shape index (κ1) is 29.4. The summed E-state index contributed by atoms with van der Waals surface area (Å²) in [6.45, 7) is 0.0150. The number of aliphatic hydroxyl groups excluding tert-OH is 1. The number of piperidine rings is 1. The number of fused-ring (bicyclic) bond motifs is 1. The number of aliphatic hydroxyl groups is 1. The lowest BCUT2D eigenvalue weighted by Gasteiger charge is -2.29. The van der Waals surface area contributed by atoms with Crippen molar-refractivity contribution in [3.05, 3.63) is 100 Å². The van der Waals surface area contributed by atoms with Gasteiger partial charge in [-0.1, -0.05) is 42.5 Å². The molecule has 2 unspecified atom stereocenters. The summed E-state index contributed by atoms with van der Waals surface area (Å²) < 4.78 is 5.35. The van der Waals surface area contributed by atoms with Crippen LogP contribution in [-0.4, -0.2) is 56.8 Å². The molecule has 3 N–H and O–H groups in total. The zero-order chi connectivity index (χ0) is 31.5. The number of pyridine rings is 1. The van der Waals surface area contributed by atoms with E-state index < -0.39 is 18.0 Å². The molecule has 12 heteroatoms. The van der Waals surface area contributed by atoms with E-state index >= 15 is 0 Å². The highest BCUT2D eigenvalue weighted by molar-refractivity contribution is 6.15. The van der Waals surface area contributed by atoms with Gasteiger partial charge in [-0.3, -0.25) is 29.8 Å². The number of allylic oxidation sites excluding steroid dienone is 2. The predicted octanol–water partition coefficient (Wildman–Crippen LogP) is 4.25. The van der Waals surface area contributed by atoms with Crippen molar-refractivity contribution in [3.63, 3.8) is 0 Å². The number of carbonyl (C=O) groups excluding carboxylic acids is 5. The molecule has 3 aromatic rings. The Balaban J connectivity index is 1.03. The third-order valence-electron chi connectivity index (χ3n) is 8.08. The van der Waals surface area contributed by atoms with Gasteiger partial charge in [-0.25, -0.2) is 14.8 Å². The van der Waals surface area contributed by atoms with E-state index in [4.69, 9.17) is 4.74 Å². The number of hydrogen-bond acceptors (Lipinski definition) is 9. The molecule has 2 aliphatic heterocycles. The van der Waals surface area contributed by atoms with Crippen LogP contribution in [0.4, 0.5) is 16.3 Å². The molecule has 45 heavy (non-hydrogen) atoms. The Morgan fingerprint density at radius 1 is 1.07 bits per heavy atom. The molecule has 0 bridgehead atoms. The van der Waals surface area contributed by atoms with Crippen molar-refractivity contribution >= 4 is 47.3 Å². The van der Waals surface area contributed by atoms with Gasteiger partial charge in [0.25, 0.3) is 5.91 Å². The van der Waals surface area contributed by atoms with Crippen molar-refractivity contribution in [2.24, 2.45) is 4.99 Å². The molecule has 12 nitrogen and oxygen atoms in total. The molecule has 0 radical (unpaired) electrons. The molecule has 2 aromatic carbocycles. The molecule has 4 amide bonds. The van der Waals surface area contributed by atoms with Crippen LogP contribution in [0.25, 0.3) is 0 Å². The van der Waals surface area contributed by atoms with Gasteiger partial charge in [-0.2, -0.15) is 0 Å². The van der Waals surface area contributed by atoms with E-state index in [0.717, 1.165) is 5.56 Å². The zero-order valence-electron chi connectivity index (χ0n) is 24.1. The van der Waals surface area contributed by atoms with Crippen LogP contribution in [-0.2, 0) is 32.3 Å². The number of amides is 4. The standard InChI is InChI=1S/C33H29N5O7/c39-27-13-21(20-5-2-1-3-6-20)14-28(40)23(27)16-35-29-11-9-19(15-34-29)18-45-33(44)36-25-8-4-7-22-24(25)17-38(32(22)43)26-10-12-30(41)37-31(26)42/h1-9,11,15-16,21,26,39H,10,12-14,17-18H2,(H,36,44)(H,37,41,42). The average Bonchev–Trinajstić information content (AvgIpc) is 3.37. The average molecular weight is 608 g/mol. The summed E-state index contributed by atoms with van der Waals surface area (Å²) >= 11 is 0. The Morgan fingerprint density at radius 3 is 2.62 bits per heavy atom. The van der Waals surface area contributed by atoms with Gasteiger partial charge in [-0.05, 0) is 36.1 Å². The summed E-state index contributed by atoms with van der Waals surface area (Å²) in [5.41, 5.74) is 3.06. The molecule has 228 valence electrons. The van der Waals surface area contributed by atoms with Crippen LogP contribution >= 0.6 is 0 Å². The van der Waals surface area contributed by atoms with Crippen LogP contribution < -0.4 is 10.6 Å². The monoisotopic (exact) mass is 607 g/mol. The number of Topliss-reactive ketones (excluding diaryl/α,β-unsaturated/α-hetero) is 1. The van der Waals surface area contributed by atoms with Gasteiger partial charge in [0.2, 0.25) is 11.8 Å². The fourth-order valence-electron chi connectivity index (χ4n) is 5.72. The molecule has 1 saturated heterocycles. The first-order valence-electron chi connectivity index (χ1n) is 14.5. The van der Waals surface area contributed by atoms with Crippen molar-refractivity contribution in [3.8, 4) is 0 Å². The molecule has 1 aliphatic carbocycles. The third kappa shape index (κ3) is 6.35. The fraction of sp³-hybridized carbons (Fsp3) is 0.242. The first-order valence-corrected chi connectivity index (χ1v) is 14.5. The largest absolute Gasteiger partial charge is 0.511 e. The number of aromatic nitrogens is 1. The maximum Gasteiger partial charge on any atom is 0.411 e. The van der Waals surface area contributed by atoms with Crippen LogP contribution in [0.15, 0.2) is 83.2 Å². The van der Waals surface area contributed by atoms with E-state index in [2.05, 4.69) is 20.6 Å². The number of ether oxygens (including phenoxy) is 1. The molecule has 0 spiro atoms. The van der Waals surface area contributed by atoms with E-state index in [1.807, 2.05) is 30.3 Å². The number of hydrogen-bond donors (Lipinski definition) is 3. The summed E-state index contributed by atoms with van der Waals surface area (Å²) in [6, 6.07) is 17.0. The van der Waals surface area contributed by atoms with Crippen molar-refractivity contribution < 1.29 is 33.8 Å². The van der Waals surface area contributed by atoms with Crippen LogP contribution in [0.3, 0.4) is 0 Å². The number of nitrogens with zero attached hydrogens (tertiary/aromatic N) is 3. The van der Waals surface area contributed by atoms with Gasteiger partial charge in [0.05, 0.1) is 5.57 Å². The summed E-state index contributed by atoms with van der Waals surface area (Å²) in [5.74, 6) is -1.19. The van der Waals surface area contributed by atoms with Gasteiger partial charge < -0.3 is 14.7 Å². The van der Waals surface area contributed by atoms with Crippen molar-refractivity contribution in [1.82, 2.24) is 15.2 Å². The zero-order valence-corrected chi connectivity index (χ0v) is 24.1. The van der Waals surface area contributed by atoms with Crippen molar-refractivity contribution in [1.29, 1.82) is 0 Å². The molecule has 2 atom stereocenters. The highest BCUT2D eigenvalue weighted by Gasteiger charge is 2.40. The number of nitrogens with one attached hydrogen (secondary N) is 2. The highest BCUT2D eigenvalue weighted by atomic mass is 16.5. The third-order valence-corrected chi connectivity index (χ3v) is 8.08. The second-order valence-electron chi connectivity index (χ2n) is 11.0. The molecular formula is C33H29N5O7. The Morgan fingerprint density at radius 2 is 1.89 bits per heavy atom. The topological polar surface area (TPSA) is 167 Å². The SMILES string of the molecule is O=C1CCC(N2Cc3c(NC(=O)OCc4ccc(N=CC5=C(O)CC(c6ccccc6)CC5=O)nc4)cccc3C2=O)C(=O)N1. The molecule has 1 aromatic heterocycles. The van der Waals surface area contributed by atoms with Crippen LogP contribution in [0.1, 0.15) is 58.6 Å². The number of benzene rings is 2. The number of rotatable bonds is 7.